The Hall–Kier alpha value is -0.440. The van der Waals surface area contributed by atoms with E-state index < -0.39 is 0 Å². The van der Waals surface area contributed by atoms with Crippen molar-refractivity contribution in [1.29, 1.82) is 0 Å². The Morgan fingerprint density at radius 1 is 1.36 bits per heavy atom. The standard InChI is InChI=1S/C11H18O2S/c1-11(2,3)13-10(12)8-9-4-6-14-7-5-9/h8H,4-7H2,1-3H3. The molecule has 1 fully saturated rings. The largest absolute Gasteiger partial charge is 0.457 e. The quantitative estimate of drug-likeness (QED) is 0.496. The maximum atomic E-state index is 11.4. The van der Waals surface area contributed by atoms with Gasteiger partial charge < -0.3 is 4.74 Å². The third kappa shape index (κ3) is 4.70. The van der Waals surface area contributed by atoms with Crippen LogP contribution in [0, 0.1) is 0 Å². The van der Waals surface area contributed by atoms with Crippen molar-refractivity contribution in [2.75, 3.05) is 11.5 Å². The van der Waals surface area contributed by atoms with Crippen LogP contribution in [-0.2, 0) is 9.53 Å². The Bertz CT molecular complexity index is 230. The summed E-state index contributed by atoms with van der Waals surface area (Å²) in [7, 11) is 0. The number of rotatable bonds is 1. The molecule has 0 aromatic carbocycles. The lowest BCUT2D eigenvalue weighted by Gasteiger charge is -2.19. The second-order valence-electron chi connectivity index (χ2n) is 4.45. The molecule has 0 amide bonds. The molecule has 1 heterocycles. The summed E-state index contributed by atoms with van der Waals surface area (Å²) in [6.07, 6.45) is 3.73. The van der Waals surface area contributed by atoms with Gasteiger partial charge in [0.25, 0.3) is 0 Å². The molecular formula is C11H18O2S. The maximum absolute atomic E-state index is 11.4. The minimum absolute atomic E-state index is 0.195. The third-order valence-corrected chi connectivity index (χ3v) is 2.85. The minimum Gasteiger partial charge on any atom is -0.457 e. The van der Waals surface area contributed by atoms with E-state index in [-0.39, 0.29) is 11.6 Å². The maximum Gasteiger partial charge on any atom is 0.331 e. The molecule has 0 atom stereocenters. The zero-order valence-electron chi connectivity index (χ0n) is 9.13. The molecule has 14 heavy (non-hydrogen) atoms. The van der Waals surface area contributed by atoms with E-state index in [1.807, 2.05) is 32.5 Å². The van der Waals surface area contributed by atoms with E-state index >= 15 is 0 Å². The summed E-state index contributed by atoms with van der Waals surface area (Å²) in [5.74, 6) is 2.07. The van der Waals surface area contributed by atoms with Gasteiger partial charge in [-0.2, -0.15) is 11.8 Å². The molecule has 2 nitrogen and oxygen atoms in total. The van der Waals surface area contributed by atoms with E-state index in [1.165, 1.54) is 5.57 Å². The fourth-order valence-corrected chi connectivity index (χ4v) is 2.29. The first-order valence-electron chi connectivity index (χ1n) is 4.97. The number of hydrogen-bond acceptors (Lipinski definition) is 3. The van der Waals surface area contributed by atoms with Crippen molar-refractivity contribution in [3.05, 3.63) is 11.6 Å². The molecule has 0 bridgehead atoms. The van der Waals surface area contributed by atoms with Crippen molar-refractivity contribution < 1.29 is 9.53 Å². The van der Waals surface area contributed by atoms with Crippen LogP contribution in [0.5, 0.6) is 0 Å². The average molecular weight is 214 g/mol. The smallest absolute Gasteiger partial charge is 0.331 e. The predicted octanol–water partition coefficient (Wildman–Crippen LogP) is 2.78. The lowest BCUT2D eigenvalue weighted by molar-refractivity contribution is -0.148. The Balaban J connectivity index is 2.45. The van der Waals surface area contributed by atoms with Gasteiger partial charge in [-0.3, -0.25) is 0 Å². The zero-order valence-corrected chi connectivity index (χ0v) is 9.95. The van der Waals surface area contributed by atoms with E-state index in [4.69, 9.17) is 4.74 Å². The fourth-order valence-electron chi connectivity index (χ4n) is 1.28. The molecule has 0 saturated carbocycles. The van der Waals surface area contributed by atoms with Crippen LogP contribution < -0.4 is 0 Å². The number of carbonyl (C=O) groups excluding carboxylic acids is 1. The number of thioether (sulfide) groups is 1. The third-order valence-electron chi connectivity index (χ3n) is 1.86. The van der Waals surface area contributed by atoms with E-state index in [9.17, 15) is 4.79 Å². The Labute approximate surface area is 90.1 Å². The number of carbonyl (C=O) groups is 1. The molecule has 1 saturated heterocycles. The topological polar surface area (TPSA) is 26.3 Å². The first-order chi connectivity index (χ1) is 6.47. The van der Waals surface area contributed by atoms with E-state index in [0.717, 1.165) is 24.3 Å². The molecule has 1 aliphatic heterocycles. The molecule has 0 N–H and O–H groups in total. The monoisotopic (exact) mass is 214 g/mol. The molecular weight excluding hydrogens is 196 g/mol. The molecule has 0 radical (unpaired) electrons. The van der Waals surface area contributed by atoms with Crippen LogP contribution >= 0.6 is 11.8 Å². The van der Waals surface area contributed by atoms with E-state index in [1.54, 1.807) is 6.08 Å². The van der Waals surface area contributed by atoms with E-state index in [2.05, 4.69) is 0 Å². The van der Waals surface area contributed by atoms with Crippen molar-refractivity contribution in [2.45, 2.75) is 39.2 Å². The molecule has 0 aliphatic carbocycles. The normalized spacial score (nSPS) is 17.8. The lowest BCUT2D eigenvalue weighted by atomic mass is 10.1. The van der Waals surface area contributed by atoms with Crippen LogP contribution in [0.25, 0.3) is 0 Å². The van der Waals surface area contributed by atoms with Crippen molar-refractivity contribution in [2.24, 2.45) is 0 Å². The van der Waals surface area contributed by atoms with Gasteiger partial charge >= 0.3 is 5.97 Å². The van der Waals surface area contributed by atoms with Gasteiger partial charge in [0.05, 0.1) is 0 Å². The van der Waals surface area contributed by atoms with Crippen LogP contribution in [-0.4, -0.2) is 23.1 Å². The summed E-state index contributed by atoms with van der Waals surface area (Å²) in [6.45, 7) is 5.67. The van der Waals surface area contributed by atoms with Crippen LogP contribution in [0.4, 0.5) is 0 Å². The van der Waals surface area contributed by atoms with Gasteiger partial charge in [-0.1, -0.05) is 5.57 Å². The van der Waals surface area contributed by atoms with Crippen molar-refractivity contribution in [3.63, 3.8) is 0 Å². The highest BCUT2D eigenvalue weighted by atomic mass is 32.2. The Morgan fingerprint density at radius 2 is 1.93 bits per heavy atom. The summed E-state index contributed by atoms with van der Waals surface area (Å²) in [5.41, 5.74) is 0.857. The average Bonchev–Trinajstić information content (AvgIpc) is 2.02. The summed E-state index contributed by atoms with van der Waals surface area (Å²) in [5, 5.41) is 0. The molecule has 0 spiro atoms. The van der Waals surface area contributed by atoms with Gasteiger partial charge in [0.2, 0.25) is 0 Å². The van der Waals surface area contributed by atoms with E-state index in [0.29, 0.717) is 0 Å². The van der Waals surface area contributed by atoms with Gasteiger partial charge in [0, 0.05) is 6.08 Å². The number of esters is 1. The SMILES string of the molecule is CC(C)(C)OC(=O)C=C1CCSCC1. The number of allylic oxidation sites excluding steroid dienone is 1. The second kappa shape index (κ2) is 4.87. The first-order valence-corrected chi connectivity index (χ1v) is 6.13. The lowest BCUT2D eigenvalue weighted by Crippen LogP contribution is -2.23. The van der Waals surface area contributed by atoms with Crippen molar-refractivity contribution in [1.82, 2.24) is 0 Å². The van der Waals surface area contributed by atoms with Crippen molar-refractivity contribution in [3.8, 4) is 0 Å². The summed E-state index contributed by atoms with van der Waals surface area (Å²) in [4.78, 5) is 11.4. The van der Waals surface area contributed by atoms with Gasteiger partial charge in [-0.25, -0.2) is 4.79 Å². The van der Waals surface area contributed by atoms with Crippen LogP contribution in [0.2, 0.25) is 0 Å². The summed E-state index contributed by atoms with van der Waals surface area (Å²) >= 11 is 1.95. The number of hydrogen-bond donors (Lipinski definition) is 0. The van der Waals surface area contributed by atoms with Gasteiger partial charge in [-0.15, -0.1) is 0 Å². The highest BCUT2D eigenvalue weighted by Gasteiger charge is 2.15. The first kappa shape index (κ1) is 11.6. The van der Waals surface area contributed by atoms with Crippen molar-refractivity contribution >= 4 is 17.7 Å². The zero-order chi connectivity index (χ0) is 10.6. The predicted molar refractivity (Wildman–Crippen MR) is 60.5 cm³/mol. The van der Waals surface area contributed by atoms with Crippen LogP contribution in [0.1, 0.15) is 33.6 Å². The highest BCUT2D eigenvalue weighted by molar-refractivity contribution is 7.99. The minimum atomic E-state index is -0.377. The van der Waals surface area contributed by atoms with Gasteiger partial charge in [-0.05, 0) is 45.1 Å². The second-order valence-corrected chi connectivity index (χ2v) is 5.67. The molecule has 0 aromatic heterocycles. The molecule has 3 heteroatoms. The Kier molecular flexibility index (Phi) is 4.05. The molecule has 80 valence electrons. The highest BCUT2D eigenvalue weighted by Crippen LogP contribution is 2.22. The van der Waals surface area contributed by atoms with Crippen LogP contribution in [0.15, 0.2) is 11.6 Å². The van der Waals surface area contributed by atoms with Gasteiger partial charge in [0.15, 0.2) is 0 Å². The summed E-state index contributed by atoms with van der Waals surface area (Å²) in [6, 6.07) is 0. The van der Waals surface area contributed by atoms with Gasteiger partial charge in [0.1, 0.15) is 5.60 Å². The fraction of sp³-hybridized carbons (Fsp3) is 0.727. The molecule has 0 unspecified atom stereocenters. The molecule has 0 aromatic rings. The molecule has 1 aliphatic rings. The number of ether oxygens (including phenoxy) is 1. The molecule has 1 rings (SSSR count). The Morgan fingerprint density at radius 3 is 2.43 bits per heavy atom. The summed E-state index contributed by atoms with van der Waals surface area (Å²) < 4.78 is 5.22. The van der Waals surface area contributed by atoms with Crippen LogP contribution in [0.3, 0.4) is 0 Å².